The molecule has 1 saturated carbocycles. The molecule has 4 aromatic carbocycles. The number of halogens is 2. The van der Waals surface area contributed by atoms with E-state index in [4.69, 9.17) is 38.2 Å². The first kappa shape index (κ1) is 56.8. The number of para-hydroxylation sites is 2. The third kappa shape index (κ3) is 13.7. The summed E-state index contributed by atoms with van der Waals surface area (Å²) < 4.78 is 0. The fourth-order valence-corrected chi connectivity index (χ4v) is 11.0. The van der Waals surface area contributed by atoms with Gasteiger partial charge in [-0.25, -0.2) is 19.9 Å². The number of hydrogen-bond donors (Lipinski definition) is 7. The minimum Gasteiger partial charge on any atom is -0.358 e. The Labute approximate surface area is 486 Å². The highest BCUT2D eigenvalue weighted by Crippen LogP contribution is 2.41. The molecule has 4 amide bonds. The highest BCUT2D eigenvalue weighted by atomic mass is 35.5. The van der Waals surface area contributed by atoms with Crippen LogP contribution in [0.1, 0.15) is 69.9 Å². The van der Waals surface area contributed by atoms with E-state index in [9.17, 15) is 19.2 Å². The second-order valence-electron chi connectivity index (χ2n) is 21.4. The number of H-pyrrole nitrogens is 2. The van der Waals surface area contributed by atoms with Crippen LogP contribution in [0.15, 0.2) is 128 Å². The van der Waals surface area contributed by atoms with Gasteiger partial charge in [0.2, 0.25) is 23.7 Å². The average molecular weight is 1140 g/mol. The predicted molar refractivity (Wildman–Crippen MR) is 327 cm³/mol. The van der Waals surface area contributed by atoms with E-state index in [1.807, 2.05) is 92.3 Å². The summed E-state index contributed by atoms with van der Waals surface area (Å²) in [6.45, 7) is 4.38. The number of fused-ring (bicyclic) bond motifs is 2. The fourth-order valence-electron chi connectivity index (χ4n) is 10.6. The highest BCUT2D eigenvalue weighted by molar-refractivity contribution is 6.34. The Bertz CT molecular complexity index is 3700. The molecule has 1 saturated heterocycles. The quantitative estimate of drug-likeness (QED) is 0.0376. The van der Waals surface area contributed by atoms with Crippen molar-refractivity contribution in [3.05, 3.63) is 166 Å². The van der Waals surface area contributed by atoms with Crippen molar-refractivity contribution in [3.8, 4) is 22.5 Å². The first-order valence-corrected chi connectivity index (χ1v) is 28.2. The summed E-state index contributed by atoms with van der Waals surface area (Å²) in [6, 6.07) is 29.7. The Morgan fingerprint density at radius 2 is 1.21 bits per heavy atom. The molecule has 422 valence electrons. The Kier molecular flexibility index (Phi) is 17.7. The summed E-state index contributed by atoms with van der Waals surface area (Å²) in [7, 11) is 7.72. The second kappa shape index (κ2) is 25.6. The van der Waals surface area contributed by atoms with E-state index >= 15 is 0 Å². The van der Waals surface area contributed by atoms with Crippen molar-refractivity contribution in [2.45, 2.75) is 63.6 Å². The molecule has 2 fully saturated rings. The number of anilines is 4. The number of piperidine rings is 1. The minimum atomic E-state index is -0.238. The largest absolute Gasteiger partial charge is 0.358 e. The molecule has 1 unspecified atom stereocenters. The monoisotopic (exact) mass is 1140 g/mol. The second-order valence-corrected chi connectivity index (χ2v) is 22.2. The van der Waals surface area contributed by atoms with E-state index in [2.05, 4.69) is 47.6 Å². The number of likely N-dealkylation sites (tertiary alicyclic amines) is 1. The van der Waals surface area contributed by atoms with Crippen molar-refractivity contribution in [2.75, 3.05) is 75.6 Å². The lowest BCUT2D eigenvalue weighted by atomic mass is 10.0. The summed E-state index contributed by atoms with van der Waals surface area (Å²) in [5.41, 5.74) is 9.13. The Morgan fingerprint density at radius 3 is 1.84 bits per heavy atom. The van der Waals surface area contributed by atoms with Crippen LogP contribution in [-0.4, -0.2) is 141 Å². The summed E-state index contributed by atoms with van der Waals surface area (Å²) in [6.07, 6.45) is 11.9. The zero-order valence-corrected chi connectivity index (χ0v) is 48.0. The third-order valence-corrected chi connectivity index (χ3v) is 15.3. The summed E-state index contributed by atoms with van der Waals surface area (Å²) >= 11 is 14.6. The van der Waals surface area contributed by atoms with Gasteiger partial charge in [-0.3, -0.25) is 19.2 Å². The van der Waals surface area contributed by atoms with Crippen LogP contribution in [0, 0.1) is 6.92 Å². The molecule has 8 aromatic rings. The number of aryl methyl sites for hydroxylation is 1. The van der Waals surface area contributed by atoms with Gasteiger partial charge in [0, 0.05) is 130 Å². The molecule has 0 spiro atoms. The highest BCUT2D eigenvalue weighted by Gasteiger charge is 2.30. The summed E-state index contributed by atoms with van der Waals surface area (Å²) in [4.78, 5) is 84.8. The molecule has 2 atom stereocenters. The van der Waals surface area contributed by atoms with Crippen LogP contribution in [0.4, 0.5) is 23.3 Å². The number of nitrogens with one attached hydrogen (secondary N) is 7. The molecule has 10 rings (SSSR count). The summed E-state index contributed by atoms with van der Waals surface area (Å²) in [5.74, 6) is 0.0815. The SMILES string of the molecule is Cc1[nH]c2ccccc2c1-c1nc(N[C@H]2CCC(NC(=O)c3ccc(NC(=O)/C=C/CN(C)C)cc3)C2)nc(Cc2[nH]c3ccccc3c2-c2nc(NC3CCN(C(=O)c4ccc(NC(=O)/C=C/CN(C)C)cc4)CC3)ncc2Cl)c1Cl. The number of hydrogen-bond acceptors (Lipinski definition) is 12. The topological polar surface area (TPSA) is 221 Å². The third-order valence-electron chi connectivity index (χ3n) is 14.7. The maximum Gasteiger partial charge on any atom is 0.253 e. The lowest BCUT2D eigenvalue weighted by Gasteiger charge is -2.32. The fraction of sp³-hybridized carbons (Fsp3) is 0.290. The molecule has 82 heavy (non-hydrogen) atoms. The normalized spacial score (nSPS) is 15.8. The lowest BCUT2D eigenvalue weighted by molar-refractivity contribution is -0.112. The van der Waals surface area contributed by atoms with Crippen LogP contribution in [0.3, 0.4) is 0 Å². The molecule has 5 heterocycles. The van der Waals surface area contributed by atoms with Crippen molar-refractivity contribution in [1.82, 2.24) is 49.9 Å². The summed E-state index contributed by atoms with van der Waals surface area (Å²) in [5, 5.41) is 18.7. The Hall–Kier alpha value is -8.42. The van der Waals surface area contributed by atoms with Gasteiger partial charge in [0.05, 0.1) is 33.3 Å². The van der Waals surface area contributed by atoms with E-state index in [-0.39, 0.29) is 48.2 Å². The number of benzene rings is 4. The van der Waals surface area contributed by atoms with Crippen LogP contribution in [0.5, 0.6) is 0 Å². The van der Waals surface area contributed by atoms with E-state index < -0.39 is 0 Å². The number of rotatable bonds is 19. The molecule has 0 bridgehead atoms. The minimum absolute atomic E-state index is 0.0116. The molecular formula is C62H66Cl2N14O4. The molecule has 18 nitrogen and oxygen atoms in total. The number of likely N-dealkylation sites (N-methyl/N-ethyl adjacent to an activating group) is 2. The molecule has 4 aromatic heterocycles. The smallest absolute Gasteiger partial charge is 0.253 e. The molecule has 1 aliphatic heterocycles. The van der Waals surface area contributed by atoms with Crippen molar-refractivity contribution in [3.63, 3.8) is 0 Å². The lowest BCUT2D eigenvalue weighted by Crippen LogP contribution is -2.42. The van der Waals surface area contributed by atoms with Crippen molar-refractivity contribution < 1.29 is 19.2 Å². The number of aromatic nitrogens is 6. The van der Waals surface area contributed by atoms with Crippen molar-refractivity contribution in [2.24, 2.45) is 0 Å². The van der Waals surface area contributed by atoms with E-state index in [0.717, 1.165) is 57.2 Å². The molecular weight excluding hydrogens is 1080 g/mol. The first-order chi connectivity index (χ1) is 39.6. The number of carbonyl (C=O) groups is 4. The predicted octanol–water partition coefficient (Wildman–Crippen LogP) is 10.4. The average Bonchev–Trinajstić information content (AvgIpc) is 4.27. The Balaban J connectivity index is 0.850. The number of carbonyl (C=O) groups excluding carboxylic acids is 4. The van der Waals surface area contributed by atoms with Gasteiger partial charge in [0.15, 0.2) is 0 Å². The van der Waals surface area contributed by atoms with Gasteiger partial charge in [0.1, 0.15) is 0 Å². The maximum atomic E-state index is 13.6. The van der Waals surface area contributed by atoms with E-state index in [0.29, 0.717) is 107 Å². The zero-order valence-electron chi connectivity index (χ0n) is 46.4. The number of nitrogens with zero attached hydrogens (tertiary/aromatic N) is 7. The van der Waals surface area contributed by atoms with Gasteiger partial charge in [-0.2, -0.15) is 0 Å². The molecule has 20 heteroatoms. The molecule has 2 aliphatic rings. The van der Waals surface area contributed by atoms with Crippen LogP contribution < -0.4 is 26.6 Å². The van der Waals surface area contributed by atoms with Gasteiger partial charge < -0.3 is 51.3 Å². The Morgan fingerprint density at radius 1 is 0.646 bits per heavy atom. The standard InChI is InChI=1S/C62H66Cl2N14O4/c1-37-54(45-12-6-8-14-48(45)66-37)58-56(64)51(73-62(75-58)71-44-27-26-43(34-44)69-59(81)38-18-22-40(23-19-38)67-52(79)16-10-30-76(2)3)35-50-55(46-13-7-9-15-49(46)72-50)57-47(63)36-65-61(74-57)70-42-28-32-78(33-29-42)60(82)39-20-24-41(25-21-39)68-53(80)17-11-31-77(4)5/h6-25,36,42-44,66,72H,26-35H2,1-5H3,(H,67,79)(H,68,80)(H,69,81)(H,65,70,74)(H,71,73,75)/b16-10+,17-11+/t43?,44-/m0/s1. The van der Waals surface area contributed by atoms with Gasteiger partial charge >= 0.3 is 0 Å². The van der Waals surface area contributed by atoms with Gasteiger partial charge in [0.25, 0.3) is 11.8 Å². The van der Waals surface area contributed by atoms with Crippen molar-refractivity contribution in [1.29, 1.82) is 0 Å². The van der Waals surface area contributed by atoms with Crippen molar-refractivity contribution >= 4 is 91.9 Å². The van der Waals surface area contributed by atoms with Crippen LogP contribution in [0.25, 0.3) is 44.3 Å². The molecule has 7 N–H and O–H groups in total. The van der Waals surface area contributed by atoms with Crippen LogP contribution in [-0.2, 0) is 16.0 Å². The zero-order chi connectivity index (χ0) is 57.4. The van der Waals surface area contributed by atoms with Crippen LogP contribution >= 0.6 is 23.2 Å². The van der Waals surface area contributed by atoms with Gasteiger partial charge in [-0.15, -0.1) is 0 Å². The van der Waals surface area contributed by atoms with Gasteiger partial charge in [-0.1, -0.05) is 71.8 Å². The molecule has 0 radical (unpaired) electrons. The number of aromatic amines is 2. The van der Waals surface area contributed by atoms with Gasteiger partial charge in [-0.05, 0) is 128 Å². The van der Waals surface area contributed by atoms with E-state index in [1.165, 1.54) is 12.2 Å². The molecule has 1 aliphatic carbocycles. The van der Waals surface area contributed by atoms with E-state index in [1.54, 1.807) is 66.9 Å². The first-order valence-electron chi connectivity index (χ1n) is 27.5. The van der Waals surface area contributed by atoms with Crippen LogP contribution in [0.2, 0.25) is 10.0 Å². The number of amides is 4. The maximum absolute atomic E-state index is 13.6.